The van der Waals surface area contributed by atoms with Crippen LogP contribution in [0.4, 0.5) is 0 Å². The number of ether oxygens (including phenoxy) is 1. The summed E-state index contributed by atoms with van der Waals surface area (Å²) >= 11 is 6.23. The Bertz CT molecular complexity index is 572. The summed E-state index contributed by atoms with van der Waals surface area (Å²) in [5.74, 6) is 0.500. The number of hydrogen-bond acceptors (Lipinski definition) is 3. The summed E-state index contributed by atoms with van der Waals surface area (Å²) in [4.78, 5) is 17.2. The molecular weight excluding hydrogens is 324 g/mol. The maximum atomic E-state index is 12.7. The zero-order valence-corrected chi connectivity index (χ0v) is 15.2. The van der Waals surface area contributed by atoms with Gasteiger partial charge in [-0.15, -0.1) is 0 Å². The van der Waals surface area contributed by atoms with E-state index >= 15 is 0 Å². The number of hydrogen-bond donors (Lipinski definition) is 0. The summed E-state index contributed by atoms with van der Waals surface area (Å²) in [6.45, 7) is 8.05. The minimum Gasteiger partial charge on any atom is -0.381 e. The zero-order valence-electron chi connectivity index (χ0n) is 14.5. The highest BCUT2D eigenvalue weighted by atomic mass is 35.5. The molecule has 1 aromatic carbocycles. The Balaban J connectivity index is 1.54. The van der Waals surface area contributed by atoms with Crippen molar-refractivity contribution in [1.82, 2.24) is 9.80 Å². The Labute approximate surface area is 149 Å². The smallest absolute Gasteiger partial charge is 0.225 e. The van der Waals surface area contributed by atoms with Crippen molar-refractivity contribution in [2.24, 2.45) is 5.92 Å². The Morgan fingerprint density at radius 3 is 2.75 bits per heavy atom. The largest absolute Gasteiger partial charge is 0.381 e. The van der Waals surface area contributed by atoms with Crippen LogP contribution in [0.5, 0.6) is 0 Å². The molecule has 0 atom stereocenters. The minimum atomic E-state index is 0.168. The number of aryl methyl sites for hydroxylation is 1. The summed E-state index contributed by atoms with van der Waals surface area (Å²) < 4.78 is 5.37. The Morgan fingerprint density at radius 2 is 2.00 bits per heavy atom. The summed E-state index contributed by atoms with van der Waals surface area (Å²) in [6.07, 6.45) is 2.79. The van der Waals surface area contributed by atoms with Gasteiger partial charge in [0.05, 0.1) is 0 Å². The standard InChI is InChI=1S/C19H27ClN2O2/c1-15-3-4-16(13-18(15)20)14-21-7-2-8-22(10-9-21)19(23)17-5-11-24-12-6-17/h3-4,13,17H,2,5-12,14H2,1H3. The summed E-state index contributed by atoms with van der Waals surface area (Å²) in [7, 11) is 0. The van der Waals surface area contributed by atoms with Crippen molar-refractivity contribution in [3.8, 4) is 0 Å². The molecule has 2 fully saturated rings. The van der Waals surface area contributed by atoms with E-state index in [-0.39, 0.29) is 5.92 Å². The fourth-order valence-electron chi connectivity index (χ4n) is 3.55. The van der Waals surface area contributed by atoms with E-state index in [0.29, 0.717) is 5.91 Å². The molecule has 0 radical (unpaired) electrons. The van der Waals surface area contributed by atoms with Gasteiger partial charge < -0.3 is 9.64 Å². The molecule has 1 aromatic rings. The lowest BCUT2D eigenvalue weighted by atomic mass is 9.98. The first-order valence-corrected chi connectivity index (χ1v) is 9.35. The molecule has 0 bridgehead atoms. The molecule has 2 aliphatic heterocycles. The van der Waals surface area contributed by atoms with Gasteiger partial charge in [0.2, 0.25) is 5.91 Å². The zero-order chi connectivity index (χ0) is 16.9. The lowest BCUT2D eigenvalue weighted by Crippen LogP contribution is -2.40. The minimum absolute atomic E-state index is 0.168. The molecule has 2 aliphatic rings. The normalized spacial score (nSPS) is 20.8. The van der Waals surface area contributed by atoms with Gasteiger partial charge in [-0.3, -0.25) is 9.69 Å². The van der Waals surface area contributed by atoms with E-state index in [0.717, 1.165) is 75.8 Å². The van der Waals surface area contributed by atoms with Gasteiger partial charge in [-0.2, -0.15) is 0 Å². The molecule has 132 valence electrons. The van der Waals surface area contributed by atoms with Crippen LogP contribution in [-0.2, 0) is 16.1 Å². The Hall–Kier alpha value is -1.10. The maximum Gasteiger partial charge on any atom is 0.225 e. The van der Waals surface area contributed by atoms with Crippen molar-refractivity contribution >= 4 is 17.5 Å². The number of nitrogens with zero attached hydrogens (tertiary/aromatic N) is 2. The van der Waals surface area contributed by atoms with E-state index in [4.69, 9.17) is 16.3 Å². The van der Waals surface area contributed by atoms with Crippen LogP contribution in [0.1, 0.15) is 30.4 Å². The molecule has 4 nitrogen and oxygen atoms in total. The third kappa shape index (κ3) is 4.50. The Morgan fingerprint density at radius 1 is 1.21 bits per heavy atom. The van der Waals surface area contributed by atoms with E-state index in [1.165, 1.54) is 5.56 Å². The first-order valence-electron chi connectivity index (χ1n) is 8.97. The van der Waals surface area contributed by atoms with Crippen molar-refractivity contribution in [3.05, 3.63) is 34.3 Å². The maximum absolute atomic E-state index is 12.7. The average molecular weight is 351 g/mol. The third-order valence-electron chi connectivity index (χ3n) is 5.11. The molecule has 0 aliphatic carbocycles. The molecule has 3 rings (SSSR count). The van der Waals surface area contributed by atoms with Crippen LogP contribution in [0.25, 0.3) is 0 Å². The van der Waals surface area contributed by atoms with Gasteiger partial charge in [-0.05, 0) is 43.4 Å². The first kappa shape index (κ1) is 17.7. The van der Waals surface area contributed by atoms with Crippen molar-refractivity contribution in [3.63, 3.8) is 0 Å². The number of halogens is 1. The average Bonchev–Trinajstić information content (AvgIpc) is 2.84. The van der Waals surface area contributed by atoms with Gasteiger partial charge in [-0.25, -0.2) is 0 Å². The second-order valence-electron chi connectivity index (χ2n) is 6.93. The van der Waals surface area contributed by atoms with E-state index in [1.807, 2.05) is 6.92 Å². The van der Waals surface area contributed by atoms with Crippen molar-refractivity contribution in [2.45, 2.75) is 32.7 Å². The van der Waals surface area contributed by atoms with Gasteiger partial charge in [0.25, 0.3) is 0 Å². The van der Waals surface area contributed by atoms with E-state index in [9.17, 15) is 4.79 Å². The van der Waals surface area contributed by atoms with Gasteiger partial charge >= 0.3 is 0 Å². The fraction of sp³-hybridized carbons (Fsp3) is 0.632. The topological polar surface area (TPSA) is 32.8 Å². The van der Waals surface area contributed by atoms with E-state index < -0.39 is 0 Å². The molecule has 0 saturated carbocycles. The molecule has 0 spiro atoms. The van der Waals surface area contributed by atoms with Crippen molar-refractivity contribution < 1.29 is 9.53 Å². The second kappa shape index (κ2) is 8.32. The van der Waals surface area contributed by atoms with Crippen LogP contribution in [0.3, 0.4) is 0 Å². The van der Waals surface area contributed by atoms with Gasteiger partial charge in [-0.1, -0.05) is 23.7 Å². The molecule has 0 N–H and O–H groups in total. The number of carbonyl (C=O) groups excluding carboxylic acids is 1. The highest BCUT2D eigenvalue weighted by Gasteiger charge is 2.27. The third-order valence-corrected chi connectivity index (χ3v) is 5.52. The van der Waals surface area contributed by atoms with Gasteiger partial charge in [0.15, 0.2) is 0 Å². The molecule has 24 heavy (non-hydrogen) atoms. The van der Waals surface area contributed by atoms with Gasteiger partial charge in [0.1, 0.15) is 0 Å². The van der Waals surface area contributed by atoms with Crippen LogP contribution in [0, 0.1) is 12.8 Å². The molecule has 2 heterocycles. The molecule has 0 unspecified atom stereocenters. The summed E-state index contributed by atoms with van der Waals surface area (Å²) in [5, 5.41) is 0.832. The number of carbonyl (C=O) groups is 1. The van der Waals surface area contributed by atoms with Crippen LogP contribution >= 0.6 is 11.6 Å². The molecule has 5 heteroatoms. The SMILES string of the molecule is Cc1ccc(CN2CCCN(C(=O)C3CCOCC3)CC2)cc1Cl. The monoisotopic (exact) mass is 350 g/mol. The Kier molecular flexibility index (Phi) is 6.14. The lowest BCUT2D eigenvalue weighted by Gasteiger charge is -2.28. The van der Waals surface area contributed by atoms with Crippen LogP contribution < -0.4 is 0 Å². The molecular formula is C19H27ClN2O2. The van der Waals surface area contributed by atoms with Crippen LogP contribution in [-0.4, -0.2) is 55.1 Å². The lowest BCUT2D eigenvalue weighted by molar-refractivity contribution is -0.138. The summed E-state index contributed by atoms with van der Waals surface area (Å²) in [6, 6.07) is 6.29. The number of benzene rings is 1. The predicted molar refractivity (Wildman–Crippen MR) is 96.2 cm³/mol. The van der Waals surface area contributed by atoms with Crippen LogP contribution in [0.2, 0.25) is 5.02 Å². The highest BCUT2D eigenvalue weighted by molar-refractivity contribution is 6.31. The molecule has 1 amide bonds. The predicted octanol–water partition coefficient (Wildman–Crippen LogP) is 3.11. The second-order valence-corrected chi connectivity index (χ2v) is 7.33. The molecule has 2 saturated heterocycles. The van der Waals surface area contributed by atoms with Gasteiger partial charge in [0, 0.05) is 56.9 Å². The molecule has 0 aromatic heterocycles. The van der Waals surface area contributed by atoms with Crippen LogP contribution in [0.15, 0.2) is 18.2 Å². The number of rotatable bonds is 3. The first-order chi connectivity index (χ1) is 11.6. The van der Waals surface area contributed by atoms with Crippen molar-refractivity contribution in [2.75, 3.05) is 39.4 Å². The van der Waals surface area contributed by atoms with E-state index in [1.54, 1.807) is 0 Å². The number of amides is 1. The fourth-order valence-corrected chi connectivity index (χ4v) is 3.75. The van der Waals surface area contributed by atoms with E-state index in [2.05, 4.69) is 28.0 Å². The quantitative estimate of drug-likeness (QED) is 0.839. The summed E-state index contributed by atoms with van der Waals surface area (Å²) in [5.41, 5.74) is 2.36. The highest BCUT2D eigenvalue weighted by Crippen LogP contribution is 2.20. The van der Waals surface area contributed by atoms with Crippen molar-refractivity contribution in [1.29, 1.82) is 0 Å².